The van der Waals surface area contributed by atoms with E-state index in [1.807, 2.05) is 24.3 Å². The molecule has 2 aromatic rings. The zero-order valence-electron chi connectivity index (χ0n) is 10.8. The second-order valence-corrected chi connectivity index (χ2v) is 3.82. The van der Waals surface area contributed by atoms with E-state index in [9.17, 15) is 0 Å². The zero-order chi connectivity index (χ0) is 13.7. The SMILES string of the molecule is COc1ccc(N=Nc2cc(OC)ccc2N)cc1. The van der Waals surface area contributed by atoms with Crippen LogP contribution in [0, 0.1) is 0 Å². The maximum absolute atomic E-state index is 5.82. The molecule has 0 heterocycles. The van der Waals surface area contributed by atoms with Gasteiger partial charge in [0.25, 0.3) is 0 Å². The number of azo groups is 1. The zero-order valence-corrected chi connectivity index (χ0v) is 10.8. The van der Waals surface area contributed by atoms with E-state index >= 15 is 0 Å². The summed E-state index contributed by atoms with van der Waals surface area (Å²) in [6.07, 6.45) is 0. The van der Waals surface area contributed by atoms with Crippen LogP contribution in [0.3, 0.4) is 0 Å². The lowest BCUT2D eigenvalue weighted by atomic mass is 10.2. The number of nitrogen functional groups attached to an aromatic ring is 1. The van der Waals surface area contributed by atoms with Crippen molar-refractivity contribution in [1.29, 1.82) is 0 Å². The predicted octanol–water partition coefficient (Wildman–Crippen LogP) is 3.70. The molecule has 2 aromatic carbocycles. The standard InChI is InChI=1S/C14H15N3O2/c1-18-11-5-3-10(4-6-11)16-17-14-9-12(19-2)7-8-13(14)15/h3-9H,15H2,1-2H3. The lowest BCUT2D eigenvalue weighted by Crippen LogP contribution is -1.87. The van der Waals surface area contributed by atoms with Gasteiger partial charge in [0.2, 0.25) is 0 Å². The second kappa shape index (κ2) is 5.86. The van der Waals surface area contributed by atoms with Crippen molar-refractivity contribution >= 4 is 17.1 Å². The first-order chi connectivity index (χ1) is 9.22. The number of ether oxygens (including phenoxy) is 2. The molecule has 2 N–H and O–H groups in total. The van der Waals surface area contributed by atoms with E-state index in [0.29, 0.717) is 17.1 Å². The molecular weight excluding hydrogens is 242 g/mol. The minimum Gasteiger partial charge on any atom is -0.497 e. The van der Waals surface area contributed by atoms with Gasteiger partial charge in [-0.2, -0.15) is 5.11 Å². The van der Waals surface area contributed by atoms with Gasteiger partial charge in [-0.25, -0.2) is 0 Å². The van der Waals surface area contributed by atoms with Crippen LogP contribution in [0.15, 0.2) is 52.7 Å². The van der Waals surface area contributed by atoms with Crippen molar-refractivity contribution in [1.82, 2.24) is 0 Å². The summed E-state index contributed by atoms with van der Waals surface area (Å²) in [5.41, 5.74) is 7.68. The molecule has 0 saturated heterocycles. The van der Waals surface area contributed by atoms with Gasteiger partial charge >= 0.3 is 0 Å². The third-order valence-electron chi connectivity index (χ3n) is 2.58. The molecule has 0 bridgehead atoms. The molecule has 0 aliphatic rings. The number of nitrogens with two attached hydrogens (primary N) is 1. The summed E-state index contributed by atoms with van der Waals surface area (Å²) in [5, 5.41) is 8.24. The Morgan fingerprint density at radius 3 is 2.11 bits per heavy atom. The second-order valence-electron chi connectivity index (χ2n) is 3.82. The molecule has 0 spiro atoms. The van der Waals surface area contributed by atoms with Gasteiger partial charge in [0, 0.05) is 6.07 Å². The van der Waals surface area contributed by atoms with Crippen LogP contribution < -0.4 is 15.2 Å². The van der Waals surface area contributed by atoms with Gasteiger partial charge in [0.15, 0.2) is 0 Å². The van der Waals surface area contributed by atoms with Crippen molar-refractivity contribution in [3.05, 3.63) is 42.5 Å². The molecule has 0 radical (unpaired) electrons. The minimum atomic E-state index is 0.554. The highest BCUT2D eigenvalue weighted by atomic mass is 16.5. The molecule has 0 aromatic heterocycles. The number of methoxy groups -OCH3 is 2. The highest BCUT2D eigenvalue weighted by molar-refractivity contribution is 5.64. The Morgan fingerprint density at radius 1 is 0.842 bits per heavy atom. The van der Waals surface area contributed by atoms with Crippen molar-refractivity contribution in [2.24, 2.45) is 10.2 Å². The van der Waals surface area contributed by atoms with Crippen LogP contribution in [0.1, 0.15) is 0 Å². The minimum absolute atomic E-state index is 0.554. The molecule has 0 amide bonds. The van der Waals surface area contributed by atoms with Crippen molar-refractivity contribution in [2.45, 2.75) is 0 Å². The van der Waals surface area contributed by atoms with Gasteiger partial charge in [0.05, 0.1) is 25.6 Å². The largest absolute Gasteiger partial charge is 0.497 e. The van der Waals surface area contributed by atoms with Crippen LogP contribution in [0.25, 0.3) is 0 Å². The number of anilines is 1. The Bertz CT molecular complexity index is 580. The molecule has 98 valence electrons. The first-order valence-electron chi connectivity index (χ1n) is 5.72. The summed E-state index contributed by atoms with van der Waals surface area (Å²) in [6.45, 7) is 0. The molecule has 19 heavy (non-hydrogen) atoms. The first-order valence-corrected chi connectivity index (χ1v) is 5.72. The Labute approximate surface area is 111 Å². The quantitative estimate of drug-likeness (QED) is 0.670. The van der Waals surface area contributed by atoms with Gasteiger partial charge in [0.1, 0.15) is 17.2 Å². The van der Waals surface area contributed by atoms with E-state index in [-0.39, 0.29) is 0 Å². The van der Waals surface area contributed by atoms with Crippen LogP contribution in [0.5, 0.6) is 11.5 Å². The summed E-state index contributed by atoms with van der Waals surface area (Å²) in [4.78, 5) is 0. The maximum Gasteiger partial charge on any atom is 0.121 e. The maximum atomic E-state index is 5.82. The molecular formula is C14H15N3O2. The van der Waals surface area contributed by atoms with Crippen LogP contribution in [-0.2, 0) is 0 Å². The monoisotopic (exact) mass is 257 g/mol. The fourth-order valence-electron chi connectivity index (χ4n) is 1.50. The van der Waals surface area contributed by atoms with Crippen LogP contribution in [-0.4, -0.2) is 14.2 Å². The molecule has 5 nitrogen and oxygen atoms in total. The molecule has 2 rings (SSSR count). The number of hydrogen-bond acceptors (Lipinski definition) is 5. The summed E-state index contributed by atoms with van der Waals surface area (Å²) in [5.74, 6) is 1.47. The Balaban J connectivity index is 2.21. The highest BCUT2D eigenvalue weighted by Crippen LogP contribution is 2.29. The fourth-order valence-corrected chi connectivity index (χ4v) is 1.50. The van der Waals surface area contributed by atoms with Gasteiger partial charge < -0.3 is 15.2 Å². The summed E-state index contributed by atoms with van der Waals surface area (Å²) in [6, 6.07) is 12.5. The Morgan fingerprint density at radius 2 is 1.47 bits per heavy atom. The van der Waals surface area contributed by atoms with E-state index in [4.69, 9.17) is 15.2 Å². The Kier molecular flexibility index (Phi) is 3.97. The molecule has 0 aliphatic heterocycles. The highest BCUT2D eigenvalue weighted by Gasteiger charge is 2.00. The van der Waals surface area contributed by atoms with Crippen LogP contribution >= 0.6 is 0 Å². The Hall–Kier alpha value is -2.56. The van der Waals surface area contributed by atoms with Crippen LogP contribution in [0.2, 0.25) is 0 Å². The molecule has 0 unspecified atom stereocenters. The first kappa shape index (κ1) is 12.9. The number of hydrogen-bond donors (Lipinski definition) is 1. The van der Waals surface area contributed by atoms with Gasteiger partial charge in [-0.05, 0) is 36.4 Å². The van der Waals surface area contributed by atoms with E-state index in [1.54, 1.807) is 32.4 Å². The summed E-state index contributed by atoms with van der Waals surface area (Å²) >= 11 is 0. The van der Waals surface area contributed by atoms with Gasteiger partial charge in [-0.15, -0.1) is 5.11 Å². The predicted molar refractivity (Wildman–Crippen MR) is 74.6 cm³/mol. The average Bonchev–Trinajstić information content (AvgIpc) is 2.47. The lowest BCUT2D eigenvalue weighted by molar-refractivity contribution is 0.415. The number of benzene rings is 2. The van der Waals surface area contributed by atoms with Gasteiger partial charge in [-0.3, -0.25) is 0 Å². The van der Waals surface area contributed by atoms with Crippen molar-refractivity contribution < 1.29 is 9.47 Å². The van der Waals surface area contributed by atoms with Crippen LogP contribution in [0.4, 0.5) is 17.1 Å². The number of rotatable bonds is 4. The van der Waals surface area contributed by atoms with Crippen molar-refractivity contribution in [3.8, 4) is 11.5 Å². The van der Waals surface area contributed by atoms with Gasteiger partial charge in [-0.1, -0.05) is 0 Å². The lowest BCUT2D eigenvalue weighted by Gasteiger charge is -2.03. The molecule has 0 fully saturated rings. The van der Waals surface area contributed by atoms with E-state index in [0.717, 1.165) is 11.4 Å². The smallest absolute Gasteiger partial charge is 0.121 e. The molecule has 0 atom stereocenters. The van der Waals surface area contributed by atoms with E-state index in [1.165, 1.54) is 0 Å². The van der Waals surface area contributed by atoms with E-state index in [2.05, 4.69) is 10.2 Å². The topological polar surface area (TPSA) is 69.2 Å². The third-order valence-corrected chi connectivity index (χ3v) is 2.58. The average molecular weight is 257 g/mol. The molecule has 0 saturated carbocycles. The van der Waals surface area contributed by atoms with Crippen molar-refractivity contribution in [3.63, 3.8) is 0 Å². The normalized spacial score (nSPS) is 10.6. The summed E-state index contributed by atoms with van der Waals surface area (Å²) < 4.78 is 10.2. The molecule has 0 aliphatic carbocycles. The number of nitrogens with zero attached hydrogens (tertiary/aromatic N) is 2. The fraction of sp³-hybridized carbons (Fsp3) is 0.143. The van der Waals surface area contributed by atoms with Crippen molar-refractivity contribution in [2.75, 3.05) is 20.0 Å². The third kappa shape index (κ3) is 3.22. The molecule has 5 heteroatoms. The summed E-state index contributed by atoms with van der Waals surface area (Å²) in [7, 11) is 3.21. The van der Waals surface area contributed by atoms with E-state index < -0.39 is 0 Å².